The zero-order valence-electron chi connectivity index (χ0n) is 8.94. The number of nitrogens with one attached hydrogen (secondary N) is 1. The van der Waals surface area contributed by atoms with Crippen LogP contribution < -0.4 is 5.32 Å². The average molecular weight is 242 g/mol. The van der Waals surface area contributed by atoms with Gasteiger partial charge in [-0.3, -0.25) is 9.48 Å². The molecule has 0 aliphatic heterocycles. The molecule has 1 rings (SSSR count). The van der Waals surface area contributed by atoms with E-state index in [0.717, 1.165) is 10.9 Å². The molecule has 0 saturated carbocycles. The van der Waals surface area contributed by atoms with E-state index in [9.17, 15) is 9.59 Å². The summed E-state index contributed by atoms with van der Waals surface area (Å²) in [7, 11) is -1.78. The average Bonchev–Trinajstić information content (AvgIpc) is 2.64. The second kappa shape index (κ2) is 5.41. The van der Waals surface area contributed by atoms with Crippen molar-refractivity contribution < 1.29 is 24.7 Å². The number of nitrogens with zero attached hydrogens (tertiary/aromatic N) is 3. The third-order valence-electron chi connectivity index (χ3n) is 1.89. The van der Waals surface area contributed by atoms with Crippen LogP contribution in [0.5, 0.6) is 0 Å². The molecule has 1 amide bonds. The lowest BCUT2D eigenvalue weighted by Crippen LogP contribution is -2.48. The van der Waals surface area contributed by atoms with Gasteiger partial charge in [-0.15, -0.1) is 5.10 Å². The number of carboxylic acid groups (broad SMARTS) is 1. The number of carboxylic acids is 1. The van der Waals surface area contributed by atoms with Crippen LogP contribution in [0.25, 0.3) is 0 Å². The second-order valence-electron chi connectivity index (χ2n) is 3.35. The largest absolute Gasteiger partial charge is 0.477 e. The molecule has 1 heterocycles. The van der Waals surface area contributed by atoms with Gasteiger partial charge in [0, 0.05) is 6.92 Å². The molecule has 0 aliphatic carbocycles. The molecular formula is C7H11BN4O5. The number of hydrogen-bond acceptors (Lipinski definition) is 6. The van der Waals surface area contributed by atoms with Gasteiger partial charge in [0.15, 0.2) is 5.69 Å². The number of aromatic carboxylic acids is 1. The topological polar surface area (TPSA) is 138 Å². The molecule has 0 saturated heterocycles. The SMILES string of the molecule is CC(=O)N[C@@H](Cn1cc(C(=O)O)nn1)B(O)O. The molecule has 1 atom stereocenters. The smallest absolute Gasteiger partial charge is 0.476 e. The number of aromatic nitrogens is 3. The minimum Gasteiger partial charge on any atom is -0.476 e. The molecule has 9 nitrogen and oxygen atoms in total. The summed E-state index contributed by atoms with van der Waals surface area (Å²) in [6.07, 6.45) is 1.12. The van der Waals surface area contributed by atoms with Gasteiger partial charge in [0.25, 0.3) is 0 Å². The fourth-order valence-electron chi connectivity index (χ4n) is 1.16. The van der Waals surface area contributed by atoms with E-state index in [-0.39, 0.29) is 12.2 Å². The number of rotatable bonds is 5. The maximum Gasteiger partial charge on any atom is 0.477 e. The van der Waals surface area contributed by atoms with Gasteiger partial charge in [0.05, 0.1) is 18.7 Å². The minimum atomic E-state index is -1.78. The number of carbonyl (C=O) groups excluding carboxylic acids is 1. The molecule has 10 heteroatoms. The van der Waals surface area contributed by atoms with Crippen molar-refractivity contribution >= 4 is 19.0 Å². The Labute approximate surface area is 96.2 Å². The van der Waals surface area contributed by atoms with Crippen LogP contribution in [-0.4, -0.2) is 55.1 Å². The summed E-state index contributed by atoms with van der Waals surface area (Å²) in [5, 5.41) is 35.7. The maximum atomic E-state index is 10.8. The van der Waals surface area contributed by atoms with Crippen LogP contribution in [-0.2, 0) is 11.3 Å². The predicted molar refractivity (Wildman–Crippen MR) is 54.8 cm³/mol. The summed E-state index contributed by atoms with van der Waals surface area (Å²) in [4.78, 5) is 21.3. The van der Waals surface area contributed by atoms with Crippen molar-refractivity contribution in [2.75, 3.05) is 0 Å². The van der Waals surface area contributed by atoms with Gasteiger partial charge in [-0.1, -0.05) is 5.21 Å². The van der Waals surface area contributed by atoms with Crippen LogP contribution in [0.1, 0.15) is 17.4 Å². The first-order valence-corrected chi connectivity index (χ1v) is 4.67. The highest BCUT2D eigenvalue weighted by Crippen LogP contribution is 1.96. The number of amides is 1. The molecule has 0 radical (unpaired) electrons. The Balaban J connectivity index is 2.71. The predicted octanol–water partition coefficient (Wildman–Crippen LogP) is -2.51. The summed E-state index contributed by atoms with van der Waals surface area (Å²) < 4.78 is 1.10. The first-order valence-electron chi connectivity index (χ1n) is 4.67. The zero-order chi connectivity index (χ0) is 13.0. The minimum absolute atomic E-state index is 0.0997. The molecule has 0 aliphatic rings. The molecule has 0 spiro atoms. The quantitative estimate of drug-likeness (QED) is 0.418. The second-order valence-corrected chi connectivity index (χ2v) is 3.35. The van der Waals surface area contributed by atoms with E-state index in [0.29, 0.717) is 0 Å². The van der Waals surface area contributed by atoms with Gasteiger partial charge in [0.2, 0.25) is 5.91 Å². The van der Waals surface area contributed by atoms with E-state index >= 15 is 0 Å². The van der Waals surface area contributed by atoms with Gasteiger partial charge in [0.1, 0.15) is 0 Å². The highest BCUT2D eigenvalue weighted by molar-refractivity contribution is 6.43. The summed E-state index contributed by atoms with van der Waals surface area (Å²) in [6, 6.07) is 0. The van der Waals surface area contributed by atoms with E-state index in [1.54, 1.807) is 0 Å². The molecule has 0 unspecified atom stereocenters. The fourth-order valence-corrected chi connectivity index (χ4v) is 1.16. The highest BCUT2D eigenvalue weighted by Gasteiger charge is 2.25. The van der Waals surface area contributed by atoms with Crippen molar-refractivity contribution in [3.05, 3.63) is 11.9 Å². The normalized spacial score (nSPS) is 11.9. The number of carbonyl (C=O) groups is 2. The molecular weight excluding hydrogens is 231 g/mol. The first-order chi connectivity index (χ1) is 7.90. The molecule has 0 fully saturated rings. The molecule has 1 aromatic heterocycles. The third kappa shape index (κ3) is 3.85. The molecule has 17 heavy (non-hydrogen) atoms. The van der Waals surface area contributed by atoms with E-state index in [4.69, 9.17) is 15.2 Å². The Bertz CT molecular complexity index is 420. The summed E-state index contributed by atoms with van der Waals surface area (Å²) in [5.74, 6) is -2.67. The van der Waals surface area contributed by atoms with Crippen molar-refractivity contribution in [1.82, 2.24) is 20.3 Å². The van der Waals surface area contributed by atoms with Crippen molar-refractivity contribution in [3.8, 4) is 0 Å². The maximum absolute atomic E-state index is 10.8. The lowest BCUT2D eigenvalue weighted by molar-refractivity contribution is -0.119. The Morgan fingerprint density at radius 3 is 2.65 bits per heavy atom. The lowest BCUT2D eigenvalue weighted by Gasteiger charge is -2.15. The van der Waals surface area contributed by atoms with E-state index in [1.807, 2.05) is 0 Å². The van der Waals surface area contributed by atoms with Crippen molar-refractivity contribution in [2.24, 2.45) is 0 Å². The fraction of sp³-hybridized carbons (Fsp3) is 0.429. The van der Waals surface area contributed by atoms with Crippen molar-refractivity contribution in [3.63, 3.8) is 0 Å². The van der Waals surface area contributed by atoms with Gasteiger partial charge in [-0.25, -0.2) is 4.79 Å². The molecule has 0 aromatic carbocycles. The van der Waals surface area contributed by atoms with E-state index in [2.05, 4.69) is 15.6 Å². The lowest BCUT2D eigenvalue weighted by atomic mass is 9.79. The van der Waals surface area contributed by atoms with Crippen molar-refractivity contribution in [1.29, 1.82) is 0 Å². The van der Waals surface area contributed by atoms with Crippen LogP contribution in [0.3, 0.4) is 0 Å². The molecule has 92 valence electrons. The zero-order valence-corrected chi connectivity index (χ0v) is 8.94. The van der Waals surface area contributed by atoms with Crippen LogP contribution in [0, 0.1) is 0 Å². The van der Waals surface area contributed by atoms with Crippen LogP contribution in [0.2, 0.25) is 0 Å². The van der Waals surface area contributed by atoms with E-state index in [1.165, 1.54) is 6.92 Å². The standard InChI is InChI=1S/C7H11BN4O5/c1-4(13)9-6(8(16)17)3-12-2-5(7(14)15)10-11-12/h2,6,16-17H,3H2,1H3,(H,9,13)(H,14,15)/t6-/m0/s1. The third-order valence-corrected chi connectivity index (χ3v) is 1.89. The van der Waals surface area contributed by atoms with Crippen molar-refractivity contribution in [2.45, 2.75) is 19.4 Å². The van der Waals surface area contributed by atoms with Crippen LogP contribution in [0.15, 0.2) is 6.20 Å². The Hall–Kier alpha value is -1.94. The Kier molecular flexibility index (Phi) is 4.18. The van der Waals surface area contributed by atoms with Gasteiger partial charge < -0.3 is 20.5 Å². The number of hydrogen-bond donors (Lipinski definition) is 4. The van der Waals surface area contributed by atoms with E-state index < -0.39 is 24.9 Å². The Morgan fingerprint density at radius 2 is 2.24 bits per heavy atom. The summed E-state index contributed by atoms with van der Waals surface area (Å²) >= 11 is 0. The highest BCUT2D eigenvalue weighted by atomic mass is 16.4. The summed E-state index contributed by atoms with van der Waals surface area (Å²) in [5.41, 5.74) is -0.265. The Morgan fingerprint density at radius 1 is 1.59 bits per heavy atom. The van der Waals surface area contributed by atoms with Gasteiger partial charge >= 0.3 is 13.1 Å². The first kappa shape index (κ1) is 13.1. The molecule has 1 aromatic rings. The summed E-state index contributed by atoms with van der Waals surface area (Å²) in [6.45, 7) is 1.12. The molecule has 4 N–H and O–H groups in total. The van der Waals surface area contributed by atoms with Gasteiger partial charge in [-0.05, 0) is 0 Å². The molecule has 0 bridgehead atoms. The van der Waals surface area contributed by atoms with Crippen LogP contribution in [0.4, 0.5) is 0 Å². The van der Waals surface area contributed by atoms with Crippen LogP contribution >= 0.6 is 0 Å². The monoisotopic (exact) mass is 242 g/mol. The van der Waals surface area contributed by atoms with Gasteiger partial charge in [-0.2, -0.15) is 0 Å².